The van der Waals surface area contributed by atoms with Gasteiger partial charge in [-0.1, -0.05) is 18.2 Å². The van der Waals surface area contributed by atoms with E-state index in [9.17, 15) is 23.3 Å². The standard InChI is InChI=1S/C21H18N2O6S/c1-15-14-16(8-13-20(15)23(25)26)21(24)22(17-9-11-18(29-2)12-10-17)30(27,28)19-6-4-3-5-7-19/h3-14H,1-2H3. The zero-order valence-corrected chi connectivity index (χ0v) is 17.0. The van der Waals surface area contributed by atoms with Crippen molar-refractivity contribution in [3.05, 3.63) is 94.0 Å². The summed E-state index contributed by atoms with van der Waals surface area (Å²) in [6.45, 7) is 1.48. The van der Waals surface area contributed by atoms with E-state index in [1.54, 1.807) is 18.2 Å². The first-order chi connectivity index (χ1) is 14.3. The lowest BCUT2D eigenvalue weighted by atomic mass is 10.1. The van der Waals surface area contributed by atoms with Crippen molar-refractivity contribution in [2.24, 2.45) is 0 Å². The van der Waals surface area contributed by atoms with Crippen LogP contribution in [0, 0.1) is 17.0 Å². The predicted molar refractivity (Wildman–Crippen MR) is 111 cm³/mol. The second-order valence-corrected chi connectivity index (χ2v) is 8.13. The summed E-state index contributed by atoms with van der Waals surface area (Å²) in [7, 11) is -2.78. The minimum absolute atomic E-state index is 0.00780. The quantitative estimate of drug-likeness (QED) is 0.436. The molecule has 0 fully saturated rings. The van der Waals surface area contributed by atoms with Crippen molar-refractivity contribution in [2.75, 3.05) is 11.4 Å². The van der Waals surface area contributed by atoms with Crippen LogP contribution in [0.2, 0.25) is 0 Å². The van der Waals surface area contributed by atoms with Gasteiger partial charge in [-0.15, -0.1) is 0 Å². The van der Waals surface area contributed by atoms with E-state index in [-0.39, 0.29) is 27.4 Å². The third-order valence-electron chi connectivity index (χ3n) is 4.41. The lowest BCUT2D eigenvalue weighted by molar-refractivity contribution is -0.385. The van der Waals surface area contributed by atoms with E-state index in [4.69, 9.17) is 4.74 Å². The fourth-order valence-corrected chi connectivity index (χ4v) is 4.33. The highest BCUT2D eigenvalue weighted by Crippen LogP contribution is 2.29. The molecule has 0 spiro atoms. The maximum atomic E-state index is 13.3. The highest BCUT2D eigenvalue weighted by atomic mass is 32.2. The maximum absolute atomic E-state index is 13.3. The van der Waals surface area contributed by atoms with Gasteiger partial charge in [0.15, 0.2) is 0 Å². The molecule has 0 bridgehead atoms. The third kappa shape index (κ3) is 4.01. The highest BCUT2D eigenvalue weighted by Gasteiger charge is 2.32. The number of nitro groups is 1. The number of carbonyl (C=O) groups is 1. The first-order valence-corrected chi connectivity index (χ1v) is 10.2. The van der Waals surface area contributed by atoms with E-state index in [1.807, 2.05) is 0 Å². The average molecular weight is 426 g/mol. The molecule has 3 rings (SSSR count). The second-order valence-electron chi connectivity index (χ2n) is 6.34. The van der Waals surface area contributed by atoms with Gasteiger partial charge < -0.3 is 4.74 Å². The topological polar surface area (TPSA) is 107 Å². The molecule has 0 N–H and O–H groups in total. The maximum Gasteiger partial charge on any atom is 0.272 e. The number of benzene rings is 3. The molecule has 0 aliphatic carbocycles. The predicted octanol–water partition coefficient (Wildman–Crippen LogP) is 3.95. The number of sulfonamides is 1. The molecule has 0 heterocycles. The van der Waals surface area contributed by atoms with E-state index >= 15 is 0 Å². The normalized spacial score (nSPS) is 11.0. The van der Waals surface area contributed by atoms with Crippen molar-refractivity contribution < 1.29 is 22.9 Å². The number of hydrogen-bond donors (Lipinski definition) is 0. The van der Waals surface area contributed by atoms with Crippen molar-refractivity contribution in [3.63, 3.8) is 0 Å². The summed E-state index contributed by atoms with van der Waals surface area (Å²) in [6, 6.07) is 17.3. The summed E-state index contributed by atoms with van der Waals surface area (Å²) in [5.74, 6) is -0.337. The van der Waals surface area contributed by atoms with Gasteiger partial charge in [-0.25, -0.2) is 8.42 Å². The summed E-state index contributed by atoms with van der Waals surface area (Å²) < 4.78 is 32.4. The van der Waals surface area contributed by atoms with Gasteiger partial charge in [0.1, 0.15) is 5.75 Å². The van der Waals surface area contributed by atoms with E-state index < -0.39 is 20.9 Å². The Balaban J connectivity index is 2.15. The number of hydrogen-bond acceptors (Lipinski definition) is 6. The molecule has 1 amide bonds. The van der Waals surface area contributed by atoms with Crippen molar-refractivity contribution in [1.82, 2.24) is 0 Å². The van der Waals surface area contributed by atoms with Crippen LogP contribution in [0.15, 0.2) is 77.7 Å². The number of ether oxygens (including phenoxy) is 1. The molecule has 3 aromatic carbocycles. The molecule has 3 aromatic rings. The highest BCUT2D eigenvalue weighted by molar-refractivity contribution is 7.93. The Kier molecular flexibility index (Phi) is 5.84. The molecule has 0 unspecified atom stereocenters. The molecule has 30 heavy (non-hydrogen) atoms. The van der Waals surface area contributed by atoms with Gasteiger partial charge in [-0.3, -0.25) is 14.9 Å². The summed E-state index contributed by atoms with van der Waals surface area (Å²) in [5.41, 5.74) is 0.209. The number of carbonyl (C=O) groups excluding carboxylic acids is 1. The molecule has 0 aliphatic rings. The number of aryl methyl sites for hydroxylation is 1. The van der Waals surface area contributed by atoms with Gasteiger partial charge in [-0.05, 0) is 55.5 Å². The number of nitrogens with zero attached hydrogens (tertiary/aromatic N) is 2. The number of amides is 1. The minimum atomic E-state index is -4.25. The summed E-state index contributed by atoms with van der Waals surface area (Å²) in [5, 5.41) is 11.1. The summed E-state index contributed by atoms with van der Waals surface area (Å²) in [4.78, 5) is 23.7. The van der Waals surface area contributed by atoms with Crippen LogP contribution < -0.4 is 9.04 Å². The van der Waals surface area contributed by atoms with Crippen LogP contribution in [0.3, 0.4) is 0 Å². The van der Waals surface area contributed by atoms with E-state index in [1.165, 1.54) is 68.6 Å². The summed E-state index contributed by atoms with van der Waals surface area (Å²) in [6.07, 6.45) is 0. The van der Waals surface area contributed by atoms with Gasteiger partial charge in [0.25, 0.3) is 21.6 Å². The van der Waals surface area contributed by atoms with Crippen molar-refractivity contribution in [2.45, 2.75) is 11.8 Å². The Bertz CT molecular complexity index is 1190. The van der Waals surface area contributed by atoms with Crippen LogP contribution in [0.1, 0.15) is 15.9 Å². The Morgan fingerprint density at radius 3 is 2.17 bits per heavy atom. The molecule has 0 aliphatic heterocycles. The van der Waals surface area contributed by atoms with E-state index in [0.29, 0.717) is 10.1 Å². The lowest BCUT2D eigenvalue weighted by Crippen LogP contribution is -2.37. The zero-order chi connectivity index (χ0) is 21.9. The van der Waals surface area contributed by atoms with Gasteiger partial charge >= 0.3 is 0 Å². The number of methoxy groups -OCH3 is 1. The van der Waals surface area contributed by atoms with Crippen molar-refractivity contribution in [1.29, 1.82) is 0 Å². The van der Waals surface area contributed by atoms with Crippen LogP contribution >= 0.6 is 0 Å². The van der Waals surface area contributed by atoms with Gasteiger partial charge in [0.05, 0.1) is 22.6 Å². The molecule has 0 saturated heterocycles. The monoisotopic (exact) mass is 426 g/mol. The zero-order valence-electron chi connectivity index (χ0n) is 16.2. The molecule has 0 saturated carbocycles. The molecule has 8 nitrogen and oxygen atoms in total. The van der Waals surface area contributed by atoms with Crippen molar-refractivity contribution >= 4 is 27.3 Å². The molecule has 0 atom stereocenters. The van der Waals surface area contributed by atoms with Crippen LogP contribution in [-0.2, 0) is 10.0 Å². The van der Waals surface area contributed by atoms with E-state index in [2.05, 4.69) is 0 Å². The Hall–Kier alpha value is -3.72. The van der Waals surface area contributed by atoms with E-state index in [0.717, 1.165) is 0 Å². The number of rotatable bonds is 6. The van der Waals surface area contributed by atoms with Crippen LogP contribution in [0.4, 0.5) is 11.4 Å². The summed E-state index contributed by atoms with van der Waals surface area (Å²) >= 11 is 0. The largest absolute Gasteiger partial charge is 0.497 e. The average Bonchev–Trinajstić information content (AvgIpc) is 2.74. The molecule has 0 aromatic heterocycles. The SMILES string of the molecule is COc1ccc(N(C(=O)c2ccc([N+](=O)[O-])c(C)c2)S(=O)(=O)c2ccccc2)cc1. The number of anilines is 1. The van der Waals surface area contributed by atoms with Crippen LogP contribution in [0.5, 0.6) is 5.75 Å². The lowest BCUT2D eigenvalue weighted by Gasteiger charge is -2.23. The second kappa shape index (κ2) is 8.34. The Morgan fingerprint density at radius 1 is 1.00 bits per heavy atom. The molecule has 0 radical (unpaired) electrons. The molecule has 154 valence electrons. The molecule has 9 heteroatoms. The van der Waals surface area contributed by atoms with Crippen LogP contribution in [0.25, 0.3) is 0 Å². The minimum Gasteiger partial charge on any atom is -0.497 e. The fraction of sp³-hybridized carbons (Fsp3) is 0.0952. The van der Waals surface area contributed by atoms with Gasteiger partial charge in [-0.2, -0.15) is 4.31 Å². The van der Waals surface area contributed by atoms with Gasteiger partial charge in [0.2, 0.25) is 0 Å². The first-order valence-electron chi connectivity index (χ1n) is 8.79. The number of nitro benzene ring substituents is 1. The van der Waals surface area contributed by atoms with Crippen molar-refractivity contribution in [3.8, 4) is 5.75 Å². The van der Waals surface area contributed by atoms with Gasteiger partial charge in [0, 0.05) is 17.2 Å². The smallest absolute Gasteiger partial charge is 0.272 e. The Labute approximate surface area is 173 Å². The van der Waals surface area contributed by atoms with Crippen LogP contribution in [-0.4, -0.2) is 26.4 Å². The first kappa shape index (κ1) is 21.0. The fourth-order valence-electron chi connectivity index (χ4n) is 2.89. The molecular weight excluding hydrogens is 408 g/mol. The molecular formula is C21H18N2O6S. The third-order valence-corrected chi connectivity index (χ3v) is 6.14. The Morgan fingerprint density at radius 2 is 1.63 bits per heavy atom.